The molecule has 4 heteroatoms. The fraction of sp³-hybridized carbons (Fsp3) is 0.833. The summed E-state index contributed by atoms with van der Waals surface area (Å²) in [6.07, 6.45) is 6.50. The van der Waals surface area contributed by atoms with E-state index in [0.29, 0.717) is 19.4 Å². The SMILES string of the molecule is CC(=O)CCCNC(=O)OC1CCCCC1. The Labute approximate surface area is 96.7 Å². The van der Waals surface area contributed by atoms with Crippen molar-refractivity contribution in [3.63, 3.8) is 0 Å². The quantitative estimate of drug-likeness (QED) is 0.734. The van der Waals surface area contributed by atoms with E-state index in [1.165, 1.54) is 6.42 Å². The van der Waals surface area contributed by atoms with Crippen molar-refractivity contribution in [3.8, 4) is 0 Å². The molecule has 0 spiro atoms. The van der Waals surface area contributed by atoms with Crippen molar-refractivity contribution in [2.24, 2.45) is 0 Å². The highest BCUT2D eigenvalue weighted by molar-refractivity contribution is 5.75. The van der Waals surface area contributed by atoms with Crippen LogP contribution >= 0.6 is 0 Å². The minimum Gasteiger partial charge on any atom is -0.446 e. The van der Waals surface area contributed by atoms with Crippen molar-refractivity contribution in [1.82, 2.24) is 5.32 Å². The molecular formula is C12H21NO3. The Hall–Kier alpha value is -1.06. The second kappa shape index (κ2) is 7.25. The number of Topliss-reactive ketones (excluding diaryl/α,β-unsaturated/α-hetero) is 1. The van der Waals surface area contributed by atoms with Crippen LogP contribution in [0.2, 0.25) is 0 Å². The van der Waals surface area contributed by atoms with Gasteiger partial charge in [0, 0.05) is 13.0 Å². The minimum absolute atomic E-state index is 0.0987. The summed E-state index contributed by atoms with van der Waals surface area (Å²) in [4.78, 5) is 22.0. The third-order valence-electron chi connectivity index (χ3n) is 2.80. The summed E-state index contributed by atoms with van der Waals surface area (Å²) < 4.78 is 5.26. The number of carbonyl (C=O) groups is 2. The summed E-state index contributed by atoms with van der Waals surface area (Å²) in [5.74, 6) is 0.155. The van der Waals surface area contributed by atoms with Crippen LogP contribution in [0.1, 0.15) is 51.9 Å². The molecule has 0 radical (unpaired) electrons. The van der Waals surface area contributed by atoms with Crippen molar-refractivity contribution in [1.29, 1.82) is 0 Å². The Morgan fingerprint density at radius 2 is 1.94 bits per heavy atom. The standard InChI is InChI=1S/C12H21NO3/c1-10(14)6-5-9-13-12(15)16-11-7-3-2-4-8-11/h11H,2-9H2,1H3,(H,13,15). The first-order valence-electron chi connectivity index (χ1n) is 6.12. The third kappa shape index (κ3) is 5.73. The highest BCUT2D eigenvalue weighted by atomic mass is 16.6. The van der Waals surface area contributed by atoms with Gasteiger partial charge in [-0.25, -0.2) is 4.79 Å². The molecule has 1 fully saturated rings. The number of amides is 1. The zero-order chi connectivity index (χ0) is 11.8. The molecule has 16 heavy (non-hydrogen) atoms. The van der Waals surface area contributed by atoms with Crippen molar-refractivity contribution in [2.45, 2.75) is 58.0 Å². The molecule has 0 bridgehead atoms. The third-order valence-corrected chi connectivity index (χ3v) is 2.80. The van der Waals surface area contributed by atoms with Gasteiger partial charge in [0.05, 0.1) is 0 Å². The highest BCUT2D eigenvalue weighted by Crippen LogP contribution is 2.20. The lowest BCUT2D eigenvalue weighted by molar-refractivity contribution is -0.117. The topological polar surface area (TPSA) is 55.4 Å². The zero-order valence-corrected chi connectivity index (χ0v) is 9.96. The molecule has 92 valence electrons. The Balaban J connectivity index is 2.03. The van der Waals surface area contributed by atoms with E-state index >= 15 is 0 Å². The monoisotopic (exact) mass is 227 g/mol. The van der Waals surface area contributed by atoms with E-state index in [2.05, 4.69) is 5.32 Å². The molecule has 1 N–H and O–H groups in total. The summed E-state index contributed by atoms with van der Waals surface area (Å²) in [5, 5.41) is 2.67. The van der Waals surface area contributed by atoms with Crippen molar-refractivity contribution >= 4 is 11.9 Å². The fourth-order valence-electron chi connectivity index (χ4n) is 1.90. The molecule has 0 heterocycles. The maximum absolute atomic E-state index is 11.3. The first-order valence-corrected chi connectivity index (χ1v) is 6.12. The highest BCUT2D eigenvalue weighted by Gasteiger charge is 2.17. The largest absolute Gasteiger partial charge is 0.446 e. The van der Waals surface area contributed by atoms with Crippen LogP contribution in [0.5, 0.6) is 0 Å². The van der Waals surface area contributed by atoms with Gasteiger partial charge in [-0.15, -0.1) is 0 Å². The first-order chi connectivity index (χ1) is 7.68. The Morgan fingerprint density at radius 1 is 1.25 bits per heavy atom. The second-order valence-electron chi connectivity index (χ2n) is 4.40. The van der Waals surface area contributed by atoms with Gasteiger partial charge in [-0.2, -0.15) is 0 Å². The average Bonchev–Trinajstić information content (AvgIpc) is 2.25. The molecule has 0 saturated heterocycles. The Kier molecular flexibility index (Phi) is 5.90. The number of rotatable bonds is 5. The van der Waals surface area contributed by atoms with Gasteiger partial charge < -0.3 is 14.8 Å². The van der Waals surface area contributed by atoms with Gasteiger partial charge in [0.2, 0.25) is 0 Å². The molecule has 1 rings (SSSR count). The zero-order valence-electron chi connectivity index (χ0n) is 9.96. The maximum Gasteiger partial charge on any atom is 0.407 e. The molecule has 0 aliphatic heterocycles. The van der Waals surface area contributed by atoms with Gasteiger partial charge in [0.1, 0.15) is 11.9 Å². The van der Waals surface area contributed by atoms with E-state index < -0.39 is 0 Å². The van der Waals surface area contributed by atoms with Gasteiger partial charge in [-0.05, 0) is 39.0 Å². The normalized spacial score (nSPS) is 16.8. The van der Waals surface area contributed by atoms with E-state index in [1.54, 1.807) is 6.92 Å². The number of hydrogen-bond acceptors (Lipinski definition) is 3. The van der Waals surface area contributed by atoms with Crippen molar-refractivity contribution < 1.29 is 14.3 Å². The van der Waals surface area contributed by atoms with Crippen LogP contribution in [-0.4, -0.2) is 24.5 Å². The number of hydrogen-bond donors (Lipinski definition) is 1. The molecule has 0 aromatic rings. The molecule has 1 aliphatic rings. The number of ketones is 1. The van der Waals surface area contributed by atoms with E-state index in [0.717, 1.165) is 25.7 Å². The van der Waals surface area contributed by atoms with Crippen LogP contribution in [0.4, 0.5) is 4.79 Å². The summed E-state index contributed by atoms with van der Waals surface area (Å²) >= 11 is 0. The number of carbonyl (C=O) groups excluding carboxylic acids is 2. The average molecular weight is 227 g/mol. The van der Waals surface area contributed by atoms with Gasteiger partial charge in [0.25, 0.3) is 0 Å². The number of alkyl carbamates (subject to hydrolysis) is 1. The Morgan fingerprint density at radius 3 is 2.56 bits per heavy atom. The molecule has 0 atom stereocenters. The summed E-state index contributed by atoms with van der Waals surface area (Å²) in [6, 6.07) is 0. The van der Waals surface area contributed by atoms with Crippen LogP contribution in [0, 0.1) is 0 Å². The smallest absolute Gasteiger partial charge is 0.407 e. The molecular weight excluding hydrogens is 206 g/mol. The molecule has 0 aromatic carbocycles. The summed E-state index contributed by atoms with van der Waals surface area (Å²) in [6.45, 7) is 2.07. The molecule has 1 amide bonds. The fourth-order valence-corrected chi connectivity index (χ4v) is 1.90. The van der Waals surface area contributed by atoms with E-state index in [4.69, 9.17) is 4.74 Å². The molecule has 1 aliphatic carbocycles. The van der Waals surface area contributed by atoms with Crippen molar-refractivity contribution in [2.75, 3.05) is 6.54 Å². The lowest BCUT2D eigenvalue weighted by Gasteiger charge is -2.21. The van der Waals surface area contributed by atoms with Crippen LogP contribution < -0.4 is 5.32 Å². The lowest BCUT2D eigenvalue weighted by Crippen LogP contribution is -2.30. The van der Waals surface area contributed by atoms with E-state index in [1.807, 2.05) is 0 Å². The first kappa shape index (κ1) is 13.0. The van der Waals surface area contributed by atoms with Crippen LogP contribution in [-0.2, 0) is 9.53 Å². The minimum atomic E-state index is -0.338. The van der Waals surface area contributed by atoms with Gasteiger partial charge in [0.15, 0.2) is 0 Å². The van der Waals surface area contributed by atoms with Crippen LogP contribution in [0.25, 0.3) is 0 Å². The lowest BCUT2D eigenvalue weighted by atomic mass is 9.98. The molecule has 0 aromatic heterocycles. The summed E-state index contributed by atoms with van der Waals surface area (Å²) in [7, 11) is 0. The van der Waals surface area contributed by atoms with Crippen LogP contribution in [0.15, 0.2) is 0 Å². The second-order valence-corrected chi connectivity index (χ2v) is 4.40. The van der Waals surface area contributed by atoms with Crippen molar-refractivity contribution in [3.05, 3.63) is 0 Å². The molecule has 4 nitrogen and oxygen atoms in total. The summed E-state index contributed by atoms with van der Waals surface area (Å²) in [5.41, 5.74) is 0. The molecule has 0 unspecified atom stereocenters. The van der Waals surface area contributed by atoms with Gasteiger partial charge in [-0.3, -0.25) is 0 Å². The maximum atomic E-state index is 11.3. The van der Waals surface area contributed by atoms with E-state index in [9.17, 15) is 9.59 Å². The number of nitrogens with one attached hydrogen (secondary N) is 1. The van der Waals surface area contributed by atoms with E-state index in [-0.39, 0.29) is 18.0 Å². The molecule has 1 saturated carbocycles. The van der Waals surface area contributed by atoms with Gasteiger partial charge >= 0.3 is 6.09 Å². The predicted molar refractivity (Wildman–Crippen MR) is 61.3 cm³/mol. The number of ether oxygens (including phenoxy) is 1. The van der Waals surface area contributed by atoms with Gasteiger partial charge in [-0.1, -0.05) is 6.42 Å². The van der Waals surface area contributed by atoms with Crippen LogP contribution in [0.3, 0.4) is 0 Å². The predicted octanol–water partition coefficient (Wildman–Crippen LogP) is 2.41. The Bertz CT molecular complexity index is 234.